The Hall–Kier alpha value is -1.87. The van der Waals surface area contributed by atoms with Crippen LogP contribution < -0.4 is 5.63 Å². The third-order valence-electron chi connectivity index (χ3n) is 2.09. The van der Waals surface area contributed by atoms with Crippen LogP contribution in [0.5, 0.6) is 0 Å². The van der Waals surface area contributed by atoms with Crippen molar-refractivity contribution in [3.05, 3.63) is 58.4 Å². The highest BCUT2D eigenvalue weighted by Gasteiger charge is 2.10. The molecule has 0 atom stereocenters. The van der Waals surface area contributed by atoms with Crippen LogP contribution in [0.3, 0.4) is 0 Å². The first-order chi connectivity index (χ1) is 7.68. The Labute approximate surface area is 96.3 Å². The van der Waals surface area contributed by atoms with E-state index in [9.17, 15) is 9.59 Å². The molecule has 0 spiro atoms. The highest BCUT2D eigenvalue weighted by atomic mass is 35.5. The number of carbonyl (C=O) groups is 1. The summed E-state index contributed by atoms with van der Waals surface area (Å²) in [5, 5.41) is -0.812. The molecule has 0 aliphatic rings. The van der Waals surface area contributed by atoms with Gasteiger partial charge in [0.2, 0.25) is 0 Å². The summed E-state index contributed by atoms with van der Waals surface area (Å²) in [6.45, 7) is 0. The van der Waals surface area contributed by atoms with Crippen molar-refractivity contribution in [2.75, 3.05) is 0 Å². The van der Waals surface area contributed by atoms with E-state index in [4.69, 9.17) is 16.0 Å². The molecule has 0 fully saturated rings. The van der Waals surface area contributed by atoms with Gasteiger partial charge in [0, 0.05) is 5.56 Å². The summed E-state index contributed by atoms with van der Waals surface area (Å²) in [7, 11) is 0. The smallest absolute Gasteiger partial charge is 0.348 e. The lowest BCUT2D eigenvalue weighted by Crippen LogP contribution is -2.09. The molecule has 0 aliphatic carbocycles. The number of benzene rings is 1. The summed E-state index contributed by atoms with van der Waals surface area (Å²) in [4.78, 5) is 22.2. The number of carbonyl (C=O) groups excluding carboxylic acids is 1. The van der Waals surface area contributed by atoms with Gasteiger partial charge in [-0.1, -0.05) is 30.3 Å². The van der Waals surface area contributed by atoms with E-state index in [-0.39, 0.29) is 5.56 Å². The van der Waals surface area contributed by atoms with Crippen molar-refractivity contribution in [3.8, 4) is 11.3 Å². The highest BCUT2D eigenvalue weighted by Crippen LogP contribution is 2.17. The monoisotopic (exact) mass is 234 g/mol. The van der Waals surface area contributed by atoms with E-state index in [1.165, 1.54) is 6.07 Å². The minimum Gasteiger partial charge on any atom is -0.422 e. The van der Waals surface area contributed by atoms with Crippen molar-refractivity contribution in [1.29, 1.82) is 0 Å². The van der Waals surface area contributed by atoms with Gasteiger partial charge < -0.3 is 4.42 Å². The Morgan fingerprint density at radius 1 is 1.06 bits per heavy atom. The molecule has 0 aliphatic heterocycles. The van der Waals surface area contributed by atoms with Gasteiger partial charge in [-0.3, -0.25) is 4.79 Å². The van der Waals surface area contributed by atoms with Crippen LogP contribution in [0.4, 0.5) is 0 Å². The third-order valence-corrected chi connectivity index (χ3v) is 2.30. The van der Waals surface area contributed by atoms with E-state index in [1.807, 2.05) is 18.2 Å². The van der Waals surface area contributed by atoms with Crippen LogP contribution in [0.25, 0.3) is 11.3 Å². The van der Waals surface area contributed by atoms with Gasteiger partial charge in [-0.05, 0) is 23.7 Å². The van der Waals surface area contributed by atoms with Gasteiger partial charge in [0.1, 0.15) is 11.3 Å². The molecule has 0 N–H and O–H groups in total. The van der Waals surface area contributed by atoms with E-state index in [0.29, 0.717) is 5.76 Å². The van der Waals surface area contributed by atoms with Crippen molar-refractivity contribution < 1.29 is 9.21 Å². The van der Waals surface area contributed by atoms with Gasteiger partial charge in [-0.2, -0.15) is 0 Å². The fraction of sp³-hybridized carbons (Fsp3) is 0. The Bertz CT molecular complexity index is 572. The summed E-state index contributed by atoms with van der Waals surface area (Å²) in [5.74, 6) is 0.410. The molecule has 0 unspecified atom stereocenters. The maximum Gasteiger partial charge on any atom is 0.348 e. The predicted octanol–water partition coefficient (Wildman–Crippen LogP) is 2.69. The topological polar surface area (TPSA) is 47.3 Å². The summed E-state index contributed by atoms with van der Waals surface area (Å²) in [6.07, 6.45) is 0. The van der Waals surface area contributed by atoms with Crippen LogP contribution in [0, 0.1) is 0 Å². The van der Waals surface area contributed by atoms with Crippen molar-refractivity contribution in [2.45, 2.75) is 0 Å². The molecule has 2 rings (SSSR count). The Morgan fingerprint density at radius 2 is 1.75 bits per heavy atom. The molecule has 0 amide bonds. The van der Waals surface area contributed by atoms with E-state index >= 15 is 0 Å². The SMILES string of the molecule is O=C(Cl)c1ccc(-c2ccccc2)oc1=O. The normalized spacial score (nSPS) is 10.1. The number of hydrogen-bond donors (Lipinski definition) is 0. The average Bonchev–Trinajstić information content (AvgIpc) is 2.29. The molecule has 3 nitrogen and oxygen atoms in total. The number of rotatable bonds is 2. The third kappa shape index (κ3) is 2.04. The summed E-state index contributed by atoms with van der Waals surface area (Å²) < 4.78 is 4.99. The van der Waals surface area contributed by atoms with Gasteiger partial charge in [0.05, 0.1) is 0 Å². The lowest BCUT2D eigenvalue weighted by Gasteiger charge is -1.99. The van der Waals surface area contributed by atoms with Crippen LogP contribution in [-0.2, 0) is 0 Å². The summed E-state index contributed by atoms with van der Waals surface area (Å²) in [5.41, 5.74) is -0.101. The summed E-state index contributed by atoms with van der Waals surface area (Å²) in [6, 6.07) is 12.0. The molecule has 1 aromatic heterocycles. The predicted molar refractivity (Wildman–Crippen MR) is 60.6 cm³/mol. The molecule has 80 valence electrons. The molecule has 0 bridgehead atoms. The molecule has 4 heteroatoms. The van der Waals surface area contributed by atoms with E-state index < -0.39 is 10.9 Å². The van der Waals surface area contributed by atoms with Crippen LogP contribution in [-0.4, -0.2) is 5.24 Å². The fourth-order valence-electron chi connectivity index (χ4n) is 1.32. The quantitative estimate of drug-likeness (QED) is 0.751. The van der Waals surface area contributed by atoms with Gasteiger partial charge in [-0.25, -0.2) is 4.79 Å². The Kier molecular flexibility index (Phi) is 2.88. The van der Waals surface area contributed by atoms with Crippen molar-refractivity contribution in [2.24, 2.45) is 0 Å². The lowest BCUT2D eigenvalue weighted by atomic mass is 10.1. The largest absolute Gasteiger partial charge is 0.422 e. The van der Waals surface area contributed by atoms with Gasteiger partial charge in [0.25, 0.3) is 5.24 Å². The molecule has 0 saturated carbocycles. The van der Waals surface area contributed by atoms with Crippen LogP contribution in [0.15, 0.2) is 51.7 Å². The van der Waals surface area contributed by atoms with Gasteiger partial charge >= 0.3 is 5.63 Å². The maximum absolute atomic E-state index is 11.4. The molecule has 16 heavy (non-hydrogen) atoms. The molecule has 0 saturated heterocycles. The second-order valence-corrected chi connectivity index (χ2v) is 3.48. The van der Waals surface area contributed by atoms with Crippen molar-refractivity contribution in [3.63, 3.8) is 0 Å². The Morgan fingerprint density at radius 3 is 2.31 bits per heavy atom. The number of halogens is 1. The van der Waals surface area contributed by atoms with E-state index in [0.717, 1.165) is 5.56 Å². The highest BCUT2D eigenvalue weighted by molar-refractivity contribution is 6.67. The minimum absolute atomic E-state index is 0.152. The van der Waals surface area contributed by atoms with Crippen LogP contribution in [0.1, 0.15) is 10.4 Å². The molecule has 1 aromatic carbocycles. The zero-order valence-corrected chi connectivity index (χ0v) is 8.90. The molecular weight excluding hydrogens is 228 g/mol. The standard InChI is InChI=1S/C12H7ClO3/c13-11(14)9-6-7-10(16-12(9)15)8-4-2-1-3-5-8/h1-7H. The molecule has 2 aromatic rings. The second-order valence-electron chi connectivity index (χ2n) is 3.14. The zero-order chi connectivity index (χ0) is 11.5. The number of hydrogen-bond acceptors (Lipinski definition) is 3. The van der Waals surface area contributed by atoms with Crippen LogP contribution >= 0.6 is 11.6 Å². The van der Waals surface area contributed by atoms with E-state index in [2.05, 4.69) is 0 Å². The lowest BCUT2D eigenvalue weighted by molar-refractivity contribution is 0.107. The first-order valence-electron chi connectivity index (χ1n) is 4.58. The summed E-state index contributed by atoms with van der Waals surface area (Å²) >= 11 is 5.21. The van der Waals surface area contributed by atoms with Crippen molar-refractivity contribution in [1.82, 2.24) is 0 Å². The van der Waals surface area contributed by atoms with Gasteiger partial charge in [0.15, 0.2) is 0 Å². The van der Waals surface area contributed by atoms with Crippen LogP contribution in [0.2, 0.25) is 0 Å². The Balaban J connectivity index is 2.51. The maximum atomic E-state index is 11.4. The first-order valence-corrected chi connectivity index (χ1v) is 4.95. The minimum atomic E-state index is -0.812. The molecule has 0 radical (unpaired) electrons. The van der Waals surface area contributed by atoms with Crippen molar-refractivity contribution >= 4 is 16.8 Å². The van der Waals surface area contributed by atoms with Gasteiger partial charge in [-0.15, -0.1) is 0 Å². The second kappa shape index (κ2) is 4.33. The first kappa shape index (κ1) is 10.6. The fourth-order valence-corrected chi connectivity index (χ4v) is 1.46. The zero-order valence-electron chi connectivity index (χ0n) is 8.14. The average molecular weight is 235 g/mol. The van der Waals surface area contributed by atoms with E-state index in [1.54, 1.807) is 18.2 Å². The molecular formula is C12H7ClO3. The molecule has 1 heterocycles.